The van der Waals surface area contributed by atoms with Gasteiger partial charge >= 0.3 is 5.69 Å². The van der Waals surface area contributed by atoms with Crippen molar-refractivity contribution in [1.29, 1.82) is 0 Å². The fraction of sp³-hybridized carbons (Fsp3) is 0.429. The molecule has 2 aromatic carbocycles. The number of nitro benzene ring substituents is 2. The van der Waals surface area contributed by atoms with Crippen molar-refractivity contribution in [2.75, 3.05) is 12.4 Å². The molecule has 8 heteroatoms. The Bertz CT molecular complexity index is 1020. The van der Waals surface area contributed by atoms with Gasteiger partial charge in [0, 0.05) is 23.9 Å². The lowest BCUT2D eigenvalue weighted by molar-refractivity contribution is -0.385. The first kappa shape index (κ1) is 17.9. The first-order valence-corrected chi connectivity index (χ1v) is 9.85. The molecule has 0 amide bonds. The first-order chi connectivity index (χ1) is 14.0. The fourth-order valence-corrected chi connectivity index (χ4v) is 5.96. The molecule has 2 bridgehead atoms. The molecule has 29 heavy (non-hydrogen) atoms. The molecule has 0 radical (unpaired) electrons. The zero-order valence-electron chi connectivity index (χ0n) is 15.9. The van der Waals surface area contributed by atoms with Gasteiger partial charge in [0.15, 0.2) is 5.75 Å². The average molecular weight is 395 g/mol. The van der Waals surface area contributed by atoms with Crippen LogP contribution in [0.25, 0.3) is 0 Å². The third kappa shape index (κ3) is 2.66. The van der Waals surface area contributed by atoms with E-state index in [0.29, 0.717) is 11.8 Å². The van der Waals surface area contributed by atoms with Gasteiger partial charge in [-0.15, -0.1) is 0 Å². The predicted molar refractivity (Wildman–Crippen MR) is 106 cm³/mol. The average Bonchev–Trinajstić information content (AvgIpc) is 3.34. The van der Waals surface area contributed by atoms with Crippen molar-refractivity contribution in [2.24, 2.45) is 17.8 Å². The Morgan fingerprint density at radius 1 is 1.03 bits per heavy atom. The second kappa shape index (κ2) is 6.43. The molecule has 0 unspecified atom stereocenters. The lowest BCUT2D eigenvalue weighted by atomic mass is 9.68. The van der Waals surface area contributed by atoms with Crippen LogP contribution in [0.2, 0.25) is 0 Å². The molecule has 0 spiro atoms. The number of rotatable bonds is 4. The van der Waals surface area contributed by atoms with Crippen LogP contribution < -0.4 is 10.1 Å². The summed E-state index contributed by atoms with van der Waals surface area (Å²) in [7, 11) is 1.43. The van der Waals surface area contributed by atoms with Crippen molar-refractivity contribution in [2.45, 2.75) is 31.2 Å². The number of anilines is 1. The van der Waals surface area contributed by atoms with Gasteiger partial charge in [-0.2, -0.15) is 0 Å². The van der Waals surface area contributed by atoms with Crippen molar-refractivity contribution in [1.82, 2.24) is 0 Å². The van der Waals surface area contributed by atoms with Gasteiger partial charge in [0.2, 0.25) is 0 Å². The number of benzene rings is 2. The maximum absolute atomic E-state index is 11.5. The number of nitrogens with one attached hydrogen (secondary N) is 1. The second-order valence-corrected chi connectivity index (χ2v) is 8.28. The molecular weight excluding hydrogens is 374 g/mol. The summed E-state index contributed by atoms with van der Waals surface area (Å²) in [5.74, 6) is 1.81. The Hall–Kier alpha value is -3.16. The van der Waals surface area contributed by atoms with Crippen molar-refractivity contribution >= 4 is 17.1 Å². The van der Waals surface area contributed by atoms with E-state index in [4.69, 9.17) is 4.74 Å². The molecule has 0 aromatic heterocycles. The molecule has 5 rings (SSSR count). The van der Waals surface area contributed by atoms with Gasteiger partial charge < -0.3 is 10.1 Å². The monoisotopic (exact) mass is 395 g/mol. The van der Waals surface area contributed by atoms with Crippen LogP contribution in [0.3, 0.4) is 0 Å². The second-order valence-electron chi connectivity index (χ2n) is 8.28. The fourth-order valence-electron chi connectivity index (χ4n) is 5.96. The van der Waals surface area contributed by atoms with Crippen molar-refractivity contribution in [3.05, 3.63) is 67.8 Å². The summed E-state index contributed by atoms with van der Waals surface area (Å²) >= 11 is 0. The van der Waals surface area contributed by atoms with Gasteiger partial charge in [0.05, 0.1) is 23.0 Å². The highest BCUT2D eigenvalue weighted by molar-refractivity contribution is 5.63. The Morgan fingerprint density at radius 2 is 1.83 bits per heavy atom. The topological polar surface area (TPSA) is 108 Å². The van der Waals surface area contributed by atoms with Crippen LogP contribution in [0, 0.1) is 38.0 Å². The molecule has 1 N–H and O–H groups in total. The molecule has 5 atom stereocenters. The smallest absolute Gasteiger partial charge is 0.311 e. The van der Waals surface area contributed by atoms with Gasteiger partial charge in [-0.1, -0.05) is 6.07 Å². The highest BCUT2D eigenvalue weighted by atomic mass is 16.6. The number of ether oxygens (including phenoxy) is 1. The van der Waals surface area contributed by atoms with Gasteiger partial charge in [-0.3, -0.25) is 20.2 Å². The normalized spacial score (nSPS) is 28.9. The number of hydrogen-bond donors (Lipinski definition) is 1. The summed E-state index contributed by atoms with van der Waals surface area (Å²) < 4.78 is 5.15. The van der Waals surface area contributed by atoms with E-state index >= 15 is 0 Å². The number of fused-ring (bicyclic) bond motifs is 7. The maximum Gasteiger partial charge on any atom is 0.311 e. The maximum atomic E-state index is 11.5. The zero-order chi connectivity index (χ0) is 20.3. The van der Waals surface area contributed by atoms with E-state index in [2.05, 4.69) is 5.32 Å². The Morgan fingerprint density at radius 3 is 2.55 bits per heavy atom. The summed E-state index contributed by atoms with van der Waals surface area (Å²) in [5, 5.41) is 26.4. The SMILES string of the molecule is COc1ccc([C@@H]2Nc3ccc([N+](=O)[O-])cc3[C@H]3[C@H]4CC[C@@H](C4)[C@H]32)cc1[N+](=O)[O-]. The van der Waals surface area contributed by atoms with Gasteiger partial charge in [0.1, 0.15) is 0 Å². The largest absolute Gasteiger partial charge is 0.490 e. The van der Waals surface area contributed by atoms with Gasteiger partial charge in [-0.25, -0.2) is 0 Å². The van der Waals surface area contributed by atoms with Crippen molar-refractivity contribution < 1.29 is 14.6 Å². The van der Waals surface area contributed by atoms with Crippen molar-refractivity contribution in [3.8, 4) is 5.75 Å². The number of nitro groups is 2. The molecule has 1 aliphatic heterocycles. The third-order valence-electron chi connectivity index (χ3n) is 7.04. The van der Waals surface area contributed by atoms with E-state index in [1.165, 1.54) is 13.2 Å². The van der Waals surface area contributed by atoms with Crippen LogP contribution in [0.4, 0.5) is 17.1 Å². The van der Waals surface area contributed by atoms with E-state index in [9.17, 15) is 20.2 Å². The Balaban J connectivity index is 1.61. The molecule has 2 fully saturated rings. The number of non-ortho nitro benzene ring substituents is 1. The molecule has 0 saturated heterocycles. The summed E-state index contributed by atoms with van der Waals surface area (Å²) in [6.45, 7) is 0. The lowest BCUT2D eigenvalue weighted by Crippen LogP contribution is -2.35. The first-order valence-electron chi connectivity index (χ1n) is 9.85. The predicted octanol–water partition coefficient (Wildman–Crippen LogP) is 4.81. The minimum atomic E-state index is -0.416. The third-order valence-corrected chi connectivity index (χ3v) is 7.04. The Kier molecular flexibility index (Phi) is 3.97. The molecule has 3 aliphatic rings. The summed E-state index contributed by atoms with van der Waals surface area (Å²) in [6.07, 6.45) is 3.41. The minimum Gasteiger partial charge on any atom is -0.490 e. The summed E-state index contributed by atoms with van der Waals surface area (Å²) in [5.41, 5.74) is 2.86. The molecule has 2 aromatic rings. The van der Waals surface area contributed by atoms with Crippen LogP contribution in [0.1, 0.15) is 42.3 Å². The highest BCUT2D eigenvalue weighted by Crippen LogP contribution is 2.64. The number of nitrogens with zero attached hydrogens (tertiary/aromatic N) is 2. The van der Waals surface area contributed by atoms with Crippen molar-refractivity contribution in [3.63, 3.8) is 0 Å². The molecule has 8 nitrogen and oxygen atoms in total. The molecule has 1 heterocycles. The van der Waals surface area contributed by atoms with Gasteiger partial charge in [-0.05, 0) is 66.2 Å². The van der Waals surface area contributed by atoms with Crippen LogP contribution in [0.15, 0.2) is 36.4 Å². The Labute approximate surface area is 167 Å². The molecule has 2 aliphatic carbocycles. The van der Waals surface area contributed by atoms with E-state index in [1.54, 1.807) is 24.3 Å². The number of methoxy groups -OCH3 is 1. The standard InChI is InChI=1S/C21H21N3O5/c1-29-18-7-4-13(9-17(18)24(27)28)21-20-12-3-2-11(8-12)19(20)15-10-14(23(25)26)5-6-16(15)22-21/h4-7,9-12,19-22H,2-3,8H2,1H3/t11-,12-,19+,20+,21-/m0/s1. The van der Waals surface area contributed by atoms with Crippen LogP contribution in [0.5, 0.6) is 5.75 Å². The quantitative estimate of drug-likeness (QED) is 0.588. The van der Waals surface area contributed by atoms with E-state index in [-0.39, 0.29) is 39.9 Å². The molecule has 2 saturated carbocycles. The van der Waals surface area contributed by atoms with Crippen LogP contribution >= 0.6 is 0 Å². The zero-order valence-corrected chi connectivity index (χ0v) is 15.9. The molecular formula is C21H21N3O5. The molecule has 150 valence electrons. The minimum absolute atomic E-state index is 0.0407. The van der Waals surface area contributed by atoms with E-state index in [0.717, 1.165) is 36.1 Å². The van der Waals surface area contributed by atoms with Gasteiger partial charge in [0.25, 0.3) is 5.69 Å². The van der Waals surface area contributed by atoms with E-state index < -0.39 is 4.92 Å². The van der Waals surface area contributed by atoms with Crippen LogP contribution in [-0.2, 0) is 0 Å². The highest BCUT2D eigenvalue weighted by Gasteiger charge is 2.54. The van der Waals surface area contributed by atoms with Crippen LogP contribution in [-0.4, -0.2) is 17.0 Å². The van der Waals surface area contributed by atoms with E-state index in [1.807, 2.05) is 6.07 Å². The summed E-state index contributed by atoms with van der Waals surface area (Å²) in [4.78, 5) is 22.0. The summed E-state index contributed by atoms with van der Waals surface area (Å²) in [6, 6.07) is 10.1. The number of hydrogen-bond acceptors (Lipinski definition) is 6. The lowest BCUT2D eigenvalue weighted by Gasteiger charge is -2.43.